The van der Waals surface area contributed by atoms with Crippen LogP contribution in [0.1, 0.15) is 0 Å². The van der Waals surface area contributed by atoms with Crippen LogP contribution in [0, 0.1) is 15.3 Å². The molecule has 0 radical (unpaired) electrons. The van der Waals surface area contributed by atoms with Crippen molar-refractivity contribution >= 4 is 6.16 Å². The second-order valence-corrected chi connectivity index (χ2v) is 0.506. The van der Waals surface area contributed by atoms with Crippen molar-refractivity contribution in [1.29, 1.82) is 0 Å². The van der Waals surface area contributed by atoms with Gasteiger partial charge in [-0.1, -0.05) is 0 Å². The number of carboxylic acid groups (broad SMARTS) is 2. The minimum atomic E-state index is -1.83. The van der Waals surface area contributed by atoms with E-state index < -0.39 is 11.2 Å². The summed E-state index contributed by atoms with van der Waals surface area (Å²) in [6, 6.07) is 0. The molecule has 0 aliphatic carbocycles. The van der Waals surface area contributed by atoms with Gasteiger partial charge >= 0.3 is 35.7 Å². The zero-order valence-electron chi connectivity index (χ0n) is 5.89. The normalized spacial score (nSPS) is 4.36. The molecular weight excluding hydrogens is 173 g/mol. The van der Waals surface area contributed by atoms with E-state index in [1.165, 1.54) is 0 Å². The van der Waals surface area contributed by atoms with Gasteiger partial charge in [0.25, 0.3) is 0 Å². The van der Waals surface area contributed by atoms with Crippen LogP contribution in [-0.2, 0) is 0 Å². The molecule has 11 heavy (non-hydrogen) atoms. The molecule has 0 aromatic rings. The molecule has 64 valence electrons. The maximum atomic E-state index is 8.56. The van der Waals surface area contributed by atoms with E-state index in [-0.39, 0.29) is 41.9 Å². The van der Waals surface area contributed by atoms with E-state index in [0.29, 0.717) is 0 Å². The van der Waals surface area contributed by atoms with Gasteiger partial charge in [0.1, 0.15) is 0 Å². The first-order chi connectivity index (χ1) is 3.46. The summed E-state index contributed by atoms with van der Waals surface area (Å²) in [6.07, 6.45) is -1.83. The first-order valence-corrected chi connectivity index (χ1v) is 1.20. The average molecular weight is 181 g/mol. The maximum Gasteiger partial charge on any atom is 1.00 e. The van der Waals surface area contributed by atoms with Crippen molar-refractivity contribution in [2.45, 2.75) is 0 Å². The Hall–Kier alpha value is -0.610. The number of hydrogen-bond acceptors (Lipinski definition) is 6. The Bertz CT molecular complexity index is 75.8. The predicted octanol–water partition coefficient (Wildman–Crippen LogP) is -2.69. The van der Waals surface area contributed by atoms with E-state index in [4.69, 9.17) is 30.3 Å². The summed E-state index contributed by atoms with van der Waals surface area (Å²) in [5.41, 5.74) is 0. The molecule has 0 heterocycles. The van der Waals surface area contributed by atoms with E-state index in [2.05, 4.69) is 0 Å². The van der Waals surface area contributed by atoms with Gasteiger partial charge in [-0.25, -0.2) is 4.79 Å². The molecule has 0 spiro atoms. The van der Waals surface area contributed by atoms with Gasteiger partial charge in [0, 0.05) is 0 Å². The van der Waals surface area contributed by atoms with Gasteiger partial charge in [-0.15, -0.1) is 0 Å². The topological polar surface area (TPSA) is 194 Å². The fourth-order valence-electron chi connectivity index (χ4n) is 0. The van der Waals surface area contributed by atoms with Crippen LogP contribution in [0.4, 0.5) is 4.79 Å². The van der Waals surface area contributed by atoms with Crippen molar-refractivity contribution in [2.24, 2.45) is 0 Å². The van der Waals surface area contributed by atoms with Crippen molar-refractivity contribution in [3.63, 3.8) is 0 Å². The number of rotatable bonds is 0. The van der Waals surface area contributed by atoms with Crippen molar-refractivity contribution in [3.05, 3.63) is 15.3 Å². The molecule has 0 aliphatic rings. The Balaban J connectivity index is -0.0000000171. The minimum absolute atomic E-state index is 0. The third-order valence-corrected chi connectivity index (χ3v) is 0. The van der Waals surface area contributed by atoms with Crippen LogP contribution in [0.3, 0.4) is 0 Å². The Morgan fingerprint density at radius 3 is 1.18 bits per heavy atom. The van der Waals surface area contributed by atoms with Crippen LogP contribution in [-0.4, -0.2) is 21.5 Å². The number of hydrogen-bond donors (Lipinski definition) is 4. The summed E-state index contributed by atoms with van der Waals surface area (Å²) < 4.78 is 0. The smallest absolute Gasteiger partial charge is 0.450 e. The third-order valence-electron chi connectivity index (χ3n) is 0. The maximum absolute atomic E-state index is 8.56. The third kappa shape index (κ3) is 1380. The van der Waals surface area contributed by atoms with Crippen LogP contribution in [0.2, 0.25) is 0 Å². The summed E-state index contributed by atoms with van der Waals surface area (Å²) in [5, 5.41) is 28.7. The Labute approximate surface area is 83.6 Å². The molecule has 0 fully saturated rings. The monoisotopic (exact) mass is 181 g/mol. The minimum Gasteiger partial charge on any atom is -0.450 e. The van der Waals surface area contributed by atoms with E-state index in [0.717, 1.165) is 0 Å². The van der Waals surface area contributed by atoms with Crippen molar-refractivity contribution < 1.29 is 49.7 Å². The van der Waals surface area contributed by atoms with Gasteiger partial charge in [0.15, 0.2) is 0 Å². The summed E-state index contributed by atoms with van der Waals surface area (Å²) >= 11 is 0. The van der Waals surface area contributed by atoms with Crippen molar-refractivity contribution in [2.75, 3.05) is 0 Å². The molecule has 0 rings (SSSR count). The quantitative estimate of drug-likeness (QED) is 0.176. The summed E-state index contributed by atoms with van der Waals surface area (Å²) in [4.78, 5) is 16.8. The van der Waals surface area contributed by atoms with E-state index in [1.54, 1.807) is 0 Å². The fourth-order valence-corrected chi connectivity index (χ4v) is 0. The van der Waals surface area contributed by atoms with Crippen LogP contribution >= 0.6 is 0 Å². The van der Waals surface area contributed by atoms with Gasteiger partial charge in [-0.2, -0.15) is 0 Å². The number of carbonyl (C=O) groups is 1. The fraction of sp³-hybridized carbons (Fsp3) is 0. The molecule has 0 saturated heterocycles. The molecule has 0 saturated carbocycles. The molecule has 8 N–H and O–H groups in total. The van der Waals surface area contributed by atoms with Gasteiger partial charge in [-0.05, 0) is 0 Å². The van der Waals surface area contributed by atoms with E-state index in [9.17, 15) is 0 Å². The molecule has 0 amide bonds. The molecule has 0 bridgehead atoms. The summed E-state index contributed by atoms with van der Waals surface area (Å²) in [6.45, 7) is 0. The van der Waals surface area contributed by atoms with Gasteiger partial charge in [0.2, 0.25) is 0 Å². The van der Waals surface area contributed by atoms with Crippen molar-refractivity contribution in [3.8, 4) is 0 Å². The van der Waals surface area contributed by atoms with Crippen LogP contribution in [0.25, 0.3) is 0 Å². The standard InChI is InChI=1S/CH2O3.NO3.2H3N.Na/c2*2-1(3)4;;;/h(H2,2,3,4);;2*1H3;/q;-1;;;+1. The first-order valence-electron chi connectivity index (χ1n) is 1.20. The van der Waals surface area contributed by atoms with Gasteiger partial charge in [0.05, 0.1) is 5.09 Å². The Kier molecular flexibility index (Phi) is 65.2. The SMILES string of the molecule is N.N.O=C(O)O.O=[N+]([O-])[O-].[Na+]. The second kappa shape index (κ2) is 22.8. The van der Waals surface area contributed by atoms with Crippen LogP contribution in [0.15, 0.2) is 0 Å². The van der Waals surface area contributed by atoms with Crippen LogP contribution in [0.5, 0.6) is 0 Å². The first kappa shape index (κ1) is 31.5. The zero-order valence-corrected chi connectivity index (χ0v) is 7.89. The average Bonchev–Trinajstić information content (AvgIpc) is 1.25. The van der Waals surface area contributed by atoms with Gasteiger partial charge in [-0.3, -0.25) is 0 Å². The van der Waals surface area contributed by atoms with Crippen molar-refractivity contribution in [1.82, 2.24) is 12.3 Å². The van der Waals surface area contributed by atoms with E-state index in [1.807, 2.05) is 0 Å². The molecule has 0 aliphatic heterocycles. The molecule has 0 atom stereocenters. The molecule has 0 aromatic carbocycles. The summed E-state index contributed by atoms with van der Waals surface area (Å²) in [7, 11) is 0. The molecule has 0 unspecified atom stereocenters. The largest absolute Gasteiger partial charge is 1.00 e. The Morgan fingerprint density at radius 2 is 1.18 bits per heavy atom. The van der Waals surface area contributed by atoms with E-state index >= 15 is 0 Å². The second-order valence-electron chi connectivity index (χ2n) is 0.506. The predicted molar refractivity (Wildman–Crippen MR) is 31.1 cm³/mol. The molecular formula is CH8N3NaO6. The summed E-state index contributed by atoms with van der Waals surface area (Å²) in [5.74, 6) is 0. The molecule has 0 aromatic heterocycles. The number of nitrogens with zero attached hydrogens (tertiary/aromatic N) is 1. The zero-order chi connectivity index (χ0) is 7.15. The molecule has 10 heteroatoms. The Morgan fingerprint density at radius 1 is 1.18 bits per heavy atom. The van der Waals surface area contributed by atoms with Gasteiger partial charge < -0.3 is 37.8 Å². The molecule has 9 nitrogen and oxygen atoms in total. The van der Waals surface area contributed by atoms with Crippen LogP contribution < -0.4 is 41.9 Å².